The van der Waals surface area contributed by atoms with Crippen molar-refractivity contribution < 1.29 is 8.42 Å². The zero-order valence-electron chi connectivity index (χ0n) is 12.4. The van der Waals surface area contributed by atoms with E-state index in [1.54, 1.807) is 11.2 Å². The minimum Gasteiger partial charge on any atom is -0.309 e. The molecule has 114 valence electrons. The van der Waals surface area contributed by atoms with E-state index in [0.717, 1.165) is 19.3 Å². The van der Waals surface area contributed by atoms with Gasteiger partial charge in [0.05, 0.1) is 11.4 Å². The molecule has 2 heterocycles. The van der Waals surface area contributed by atoms with Gasteiger partial charge in [-0.25, -0.2) is 8.42 Å². The molecule has 2 N–H and O–H groups in total. The van der Waals surface area contributed by atoms with E-state index in [4.69, 9.17) is 0 Å². The van der Waals surface area contributed by atoms with Crippen LogP contribution in [0.3, 0.4) is 0 Å². The van der Waals surface area contributed by atoms with E-state index in [-0.39, 0.29) is 6.04 Å². The first-order chi connectivity index (χ1) is 9.43. The number of aromatic nitrogens is 2. The Bertz CT molecular complexity index is 545. The molecule has 0 atom stereocenters. The first-order valence-electron chi connectivity index (χ1n) is 7.20. The van der Waals surface area contributed by atoms with Crippen molar-refractivity contribution in [3.05, 3.63) is 11.4 Å². The fraction of sp³-hybridized carbons (Fsp3) is 0.769. The van der Waals surface area contributed by atoms with Crippen LogP contribution >= 0.6 is 0 Å². The number of piperidine rings is 1. The van der Waals surface area contributed by atoms with E-state index in [2.05, 4.69) is 15.5 Å². The molecule has 0 aromatic carbocycles. The molecule has 20 heavy (non-hydrogen) atoms. The van der Waals surface area contributed by atoms with Crippen molar-refractivity contribution in [2.24, 2.45) is 0 Å². The third-order valence-corrected chi connectivity index (χ3v) is 5.65. The lowest BCUT2D eigenvalue weighted by Crippen LogP contribution is -2.36. The summed E-state index contributed by atoms with van der Waals surface area (Å²) in [6, 6.07) is 0.289. The second kappa shape index (κ2) is 6.24. The van der Waals surface area contributed by atoms with E-state index in [9.17, 15) is 8.42 Å². The molecule has 0 amide bonds. The van der Waals surface area contributed by atoms with E-state index >= 15 is 0 Å². The summed E-state index contributed by atoms with van der Waals surface area (Å²) in [7, 11) is -3.43. The molecule has 0 aliphatic carbocycles. The van der Waals surface area contributed by atoms with Crippen LogP contribution in [0.5, 0.6) is 0 Å². The highest BCUT2D eigenvalue weighted by Crippen LogP contribution is 2.25. The molecule has 1 aromatic heterocycles. The molecule has 0 saturated carbocycles. The summed E-state index contributed by atoms with van der Waals surface area (Å²) >= 11 is 0. The lowest BCUT2D eigenvalue weighted by Gasteiger charge is -2.26. The molecule has 0 spiro atoms. The van der Waals surface area contributed by atoms with Gasteiger partial charge >= 0.3 is 0 Å². The van der Waals surface area contributed by atoms with E-state index in [0.29, 0.717) is 35.9 Å². The topological polar surface area (TPSA) is 78.1 Å². The maximum Gasteiger partial charge on any atom is 0.246 e. The molecule has 1 aliphatic heterocycles. The molecule has 0 unspecified atom stereocenters. The average molecular weight is 300 g/mol. The number of nitrogens with one attached hydrogen (secondary N) is 2. The Morgan fingerprint density at radius 3 is 2.55 bits per heavy atom. The van der Waals surface area contributed by atoms with Gasteiger partial charge in [0, 0.05) is 25.7 Å². The number of hydrogen-bond donors (Lipinski definition) is 2. The average Bonchev–Trinajstić information content (AvgIpc) is 2.79. The lowest BCUT2D eigenvalue weighted by molar-refractivity contribution is 0.346. The van der Waals surface area contributed by atoms with Crippen molar-refractivity contribution in [3.8, 4) is 0 Å². The third-order valence-electron chi connectivity index (χ3n) is 3.55. The maximum absolute atomic E-state index is 12.8. The smallest absolute Gasteiger partial charge is 0.246 e. The second-order valence-corrected chi connectivity index (χ2v) is 7.50. The van der Waals surface area contributed by atoms with Gasteiger partial charge in [-0.1, -0.05) is 20.3 Å². The molecule has 1 saturated heterocycles. The summed E-state index contributed by atoms with van der Waals surface area (Å²) in [4.78, 5) is 0.354. The molecule has 0 bridgehead atoms. The van der Waals surface area contributed by atoms with Crippen molar-refractivity contribution in [1.82, 2.24) is 19.8 Å². The van der Waals surface area contributed by atoms with Gasteiger partial charge in [-0.05, 0) is 19.8 Å². The van der Waals surface area contributed by atoms with Gasteiger partial charge in [0.1, 0.15) is 4.90 Å². The number of sulfonamides is 1. The minimum atomic E-state index is -3.43. The Kier molecular flexibility index (Phi) is 4.82. The van der Waals surface area contributed by atoms with Gasteiger partial charge in [0.25, 0.3) is 0 Å². The van der Waals surface area contributed by atoms with Crippen LogP contribution in [-0.4, -0.2) is 42.1 Å². The molecule has 6 nitrogen and oxygen atoms in total. The molecular formula is C13H24N4O2S. The molecule has 1 fully saturated rings. The monoisotopic (exact) mass is 300 g/mol. The summed E-state index contributed by atoms with van der Waals surface area (Å²) in [5, 5.41) is 10.2. The molecule has 1 aliphatic rings. The van der Waals surface area contributed by atoms with E-state index in [1.165, 1.54) is 0 Å². The van der Waals surface area contributed by atoms with Crippen LogP contribution in [0.15, 0.2) is 4.90 Å². The highest BCUT2D eigenvalue weighted by Gasteiger charge is 2.31. The Balaban J connectivity index is 2.28. The van der Waals surface area contributed by atoms with Crippen molar-refractivity contribution in [2.45, 2.75) is 57.5 Å². The number of rotatable bonds is 5. The van der Waals surface area contributed by atoms with Crippen LogP contribution in [0.4, 0.5) is 0 Å². The Morgan fingerprint density at radius 1 is 1.30 bits per heavy atom. The van der Waals surface area contributed by atoms with Crippen LogP contribution in [-0.2, 0) is 16.6 Å². The number of nitrogens with zero attached hydrogens (tertiary/aromatic N) is 2. The third kappa shape index (κ3) is 3.21. The molecule has 1 aromatic rings. The molecule has 2 rings (SSSR count). The Labute approximate surface area is 121 Å². The van der Waals surface area contributed by atoms with Crippen LogP contribution in [0.25, 0.3) is 0 Å². The SMILES string of the molecule is Cc1[nH]nc(CNC(C)C)c1S(=O)(=O)N1CCCCC1. The highest BCUT2D eigenvalue weighted by molar-refractivity contribution is 7.89. The van der Waals surface area contributed by atoms with Crippen molar-refractivity contribution in [1.29, 1.82) is 0 Å². The van der Waals surface area contributed by atoms with Gasteiger partial charge in [-0.15, -0.1) is 0 Å². The van der Waals surface area contributed by atoms with E-state index < -0.39 is 10.0 Å². The summed E-state index contributed by atoms with van der Waals surface area (Å²) in [6.07, 6.45) is 2.99. The van der Waals surface area contributed by atoms with Crippen molar-refractivity contribution >= 4 is 10.0 Å². The number of H-pyrrole nitrogens is 1. The van der Waals surface area contributed by atoms with Crippen LogP contribution in [0.1, 0.15) is 44.5 Å². The number of hydrogen-bond acceptors (Lipinski definition) is 4. The predicted molar refractivity (Wildman–Crippen MR) is 77.9 cm³/mol. The lowest BCUT2D eigenvalue weighted by atomic mass is 10.2. The van der Waals surface area contributed by atoms with Gasteiger partial charge in [-0.3, -0.25) is 5.10 Å². The van der Waals surface area contributed by atoms with Crippen LogP contribution in [0, 0.1) is 6.92 Å². The highest BCUT2D eigenvalue weighted by atomic mass is 32.2. The van der Waals surface area contributed by atoms with Crippen LogP contribution in [0.2, 0.25) is 0 Å². The normalized spacial score (nSPS) is 17.8. The van der Waals surface area contributed by atoms with Gasteiger partial charge in [-0.2, -0.15) is 9.40 Å². The van der Waals surface area contributed by atoms with Gasteiger partial charge < -0.3 is 5.32 Å². The summed E-state index contributed by atoms with van der Waals surface area (Å²) < 4.78 is 27.1. The summed E-state index contributed by atoms with van der Waals surface area (Å²) in [5.41, 5.74) is 1.21. The number of aromatic amines is 1. The van der Waals surface area contributed by atoms with Crippen molar-refractivity contribution in [3.63, 3.8) is 0 Å². The van der Waals surface area contributed by atoms with Gasteiger partial charge in [0.2, 0.25) is 10.0 Å². The Morgan fingerprint density at radius 2 is 1.95 bits per heavy atom. The minimum absolute atomic E-state index is 0.289. The zero-order chi connectivity index (χ0) is 14.8. The molecule has 7 heteroatoms. The summed E-state index contributed by atoms with van der Waals surface area (Å²) in [6.45, 7) is 7.51. The largest absolute Gasteiger partial charge is 0.309 e. The Hall–Kier alpha value is -0.920. The quantitative estimate of drug-likeness (QED) is 0.861. The maximum atomic E-state index is 12.8. The summed E-state index contributed by atoms with van der Waals surface area (Å²) in [5.74, 6) is 0. The van der Waals surface area contributed by atoms with Crippen LogP contribution < -0.4 is 5.32 Å². The van der Waals surface area contributed by atoms with Crippen molar-refractivity contribution in [2.75, 3.05) is 13.1 Å². The standard InChI is InChI=1S/C13H24N4O2S/c1-10(2)14-9-12-13(11(3)15-16-12)20(18,19)17-7-5-4-6-8-17/h10,14H,4-9H2,1-3H3,(H,15,16). The predicted octanol–water partition coefficient (Wildman–Crippen LogP) is 1.39. The first-order valence-corrected chi connectivity index (χ1v) is 8.64. The number of aryl methyl sites for hydroxylation is 1. The van der Waals surface area contributed by atoms with Gasteiger partial charge in [0.15, 0.2) is 0 Å². The zero-order valence-corrected chi connectivity index (χ0v) is 13.3. The molecule has 0 radical (unpaired) electrons. The fourth-order valence-electron chi connectivity index (χ4n) is 2.47. The van der Waals surface area contributed by atoms with E-state index in [1.807, 2.05) is 13.8 Å². The first kappa shape index (κ1) is 15.5. The molecular weight excluding hydrogens is 276 g/mol. The fourth-order valence-corrected chi connectivity index (χ4v) is 4.31. The second-order valence-electron chi connectivity index (χ2n) is 5.62.